The van der Waals surface area contributed by atoms with Crippen molar-refractivity contribution in [1.29, 1.82) is 5.26 Å². The molecule has 3 aromatic rings. The van der Waals surface area contributed by atoms with Gasteiger partial charge in [0.2, 0.25) is 5.91 Å². The Kier molecular flexibility index (Phi) is 6.18. The van der Waals surface area contributed by atoms with E-state index in [1.165, 1.54) is 29.5 Å². The van der Waals surface area contributed by atoms with Gasteiger partial charge in [-0.2, -0.15) is 5.26 Å². The molecule has 1 fully saturated rings. The van der Waals surface area contributed by atoms with Crippen molar-refractivity contribution in [3.8, 4) is 11.8 Å². The van der Waals surface area contributed by atoms with Gasteiger partial charge in [-0.3, -0.25) is 23.9 Å². The van der Waals surface area contributed by atoms with Crippen molar-refractivity contribution in [2.24, 2.45) is 0 Å². The molecule has 1 aliphatic rings. The zero-order valence-corrected chi connectivity index (χ0v) is 19.2. The number of anilines is 1. The van der Waals surface area contributed by atoms with Gasteiger partial charge in [-0.05, 0) is 66.9 Å². The van der Waals surface area contributed by atoms with Crippen LogP contribution in [0.15, 0.2) is 46.7 Å². The summed E-state index contributed by atoms with van der Waals surface area (Å²) in [5.74, 6) is -1.52. The molecule has 0 bridgehead atoms. The smallest absolute Gasteiger partial charge is 0.294 e. The molecule has 0 saturated carbocycles. The van der Waals surface area contributed by atoms with Crippen LogP contribution in [0.1, 0.15) is 21.7 Å². The Morgan fingerprint density at radius 2 is 2.03 bits per heavy atom. The largest absolute Gasteiger partial charge is 0.309 e. The molecule has 1 aliphatic heterocycles. The first-order valence-electron chi connectivity index (χ1n) is 9.76. The maximum Gasteiger partial charge on any atom is 0.294 e. The lowest BCUT2D eigenvalue weighted by Gasteiger charge is -2.15. The van der Waals surface area contributed by atoms with E-state index in [4.69, 9.17) is 0 Å². The molecule has 0 radical (unpaired) electrons. The van der Waals surface area contributed by atoms with Gasteiger partial charge in [-0.15, -0.1) is 11.3 Å². The number of imide groups is 1. The molecule has 3 heterocycles. The highest BCUT2D eigenvalue weighted by Crippen LogP contribution is 2.34. The van der Waals surface area contributed by atoms with Crippen molar-refractivity contribution < 1.29 is 18.8 Å². The summed E-state index contributed by atoms with van der Waals surface area (Å²) in [6, 6.07) is 11.5. The topological polar surface area (TPSA) is 95.2 Å². The third-order valence-corrected chi connectivity index (χ3v) is 6.87. The minimum Gasteiger partial charge on any atom is -0.309 e. The number of carbonyl (C=O) groups is 3. The first-order valence-corrected chi connectivity index (χ1v) is 11.5. The monoisotopic (exact) mass is 480 g/mol. The minimum atomic E-state index is -0.652. The highest BCUT2D eigenvalue weighted by atomic mass is 32.2. The summed E-state index contributed by atoms with van der Waals surface area (Å²) < 4.78 is 15.4. The Balaban J connectivity index is 1.61. The first kappa shape index (κ1) is 22.5. The van der Waals surface area contributed by atoms with Crippen LogP contribution in [-0.4, -0.2) is 33.1 Å². The Hall–Kier alpha value is -3.68. The molecule has 166 valence electrons. The van der Waals surface area contributed by atoms with E-state index < -0.39 is 29.4 Å². The molecule has 4 rings (SSSR count). The second kappa shape index (κ2) is 9.05. The van der Waals surface area contributed by atoms with Gasteiger partial charge >= 0.3 is 0 Å². The molecule has 2 aromatic heterocycles. The number of nitrogens with zero attached hydrogens (tertiary/aromatic N) is 3. The number of hydrogen-bond acceptors (Lipinski definition) is 6. The molecule has 10 heteroatoms. The number of nitrogens with one attached hydrogen (secondary N) is 1. The van der Waals surface area contributed by atoms with Crippen LogP contribution >= 0.6 is 23.1 Å². The number of carbonyl (C=O) groups excluding carboxylic acids is 3. The molecule has 33 heavy (non-hydrogen) atoms. The van der Waals surface area contributed by atoms with E-state index in [2.05, 4.69) is 11.4 Å². The van der Waals surface area contributed by atoms with Gasteiger partial charge in [0.25, 0.3) is 11.1 Å². The predicted molar refractivity (Wildman–Crippen MR) is 126 cm³/mol. The van der Waals surface area contributed by atoms with Crippen LogP contribution in [0.25, 0.3) is 11.8 Å². The molecule has 1 N–H and O–H groups in total. The number of nitriles is 1. The first-order chi connectivity index (χ1) is 15.8. The average Bonchev–Trinajstić information content (AvgIpc) is 3.44. The van der Waals surface area contributed by atoms with Gasteiger partial charge in [0.15, 0.2) is 0 Å². The molecule has 1 saturated heterocycles. The predicted octanol–water partition coefficient (Wildman–Crippen LogP) is 4.84. The second-order valence-corrected chi connectivity index (χ2v) is 9.17. The average molecular weight is 481 g/mol. The Bertz CT molecular complexity index is 1350. The van der Waals surface area contributed by atoms with Crippen molar-refractivity contribution in [1.82, 2.24) is 9.47 Å². The van der Waals surface area contributed by atoms with Crippen LogP contribution < -0.4 is 5.32 Å². The fourth-order valence-corrected chi connectivity index (χ4v) is 5.01. The molecule has 3 amide bonds. The standard InChI is InChI=1S/C23H17FN4O3S2/c1-13-14(2)28(16-6-3-5-15(24)9-16)21(18(13)11-25)26-20(29)12-27-22(30)19(33-23(27)31)10-17-7-4-8-32-17/h3-10H,12H2,1-2H3,(H,26,29)/b19-10-. The third-order valence-electron chi connectivity index (χ3n) is 5.14. The highest BCUT2D eigenvalue weighted by molar-refractivity contribution is 8.18. The highest BCUT2D eigenvalue weighted by Gasteiger charge is 2.36. The van der Waals surface area contributed by atoms with Crippen molar-refractivity contribution >= 4 is 52.0 Å². The Labute approximate surface area is 197 Å². The lowest BCUT2D eigenvalue weighted by Crippen LogP contribution is -2.36. The van der Waals surface area contributed by atoms with Crippen LogP contribution in [0.4, 0.5) is 15.0 Å². The number of halogens is 1. The van der Waals surface area contributed by atoms with Crippen LogP contribution in [0.2, 0.25) is 0 Å². The molecular weight excluding hydrogens is 463 g/mol. The number of amides is 3. The summed E-state index contributed by atoms with van der Waals surface area (Å²) in [6.07, 6.45) is 1.61. The van der Waals surface area contributed by atoms with E-state index in [1.54, 1.807) is 30.6 Å². The van der Waals surface area contributed by atoms with Gasteiger partial charge in [-0.25, -0.2) is 4.39 Å². The summed E-state index contributed by atoms with van der Waals surface area (Å²) in [5, 5.41) is 13.6. The molecule has 0 unspecified atom stereocenters. The molecule has 1 aromatic carbocycles. The summed E-state index contributed by atoms with van der Waals surface area (Å²) in [6.45, 7) is 2.97. The normalized spacial score (nSPS) is 14.7. The van der Waals surface area contributed by atoms with Crippen molar-refractivity contribution in [2.75, 3.05) is 11.9 Å². The molecule has 0 aliphatic carbocycles. The number of benzene rings is 1. The van der Waals surface area contributed by atoms with Crippen molar-refractivity contribution in [2.45, 2.75) is 13.8 Å². The number of thiophene rings is 1. The summed E-state index contributed by atoms with van der Waals surface area (Å²) in [7, 11) is 0. The quantitative estimate of drug-likeness (QED) is 0.527. The van der Waals surface area contributed by atoms with E-state index in [0.29, 0.717) is 16.9 Å². The molecule has 0 atom stereocenters. The molecule has 7 nitrogen and oxygen atoms in total. The second-order valence-electron chi connectivity index (χ2n) is 7.19. The van der Waals surface area contributed by atoms with E-state index in [9.17, 15) is 24.0 Å². The van der Waals surface area contributed by atoms with Crippen molar-refractivity contribution in [3.63, 3.8) is 0 Å². The maximum atomic E-state index is 13.8. The van der Waals surface area contributed by atoms with Crippen LogP contribution in [0.5, 0.6) is 0 Å². The molecule has 0 spiro atoms. The minimum absolute atomic E-state index is 0.157. The SMILES string of the molecule is Cc1c(C#N)c(NC(=O)CN2C(=O)S/C(=C\c3cccs3)C2=O)n(-c2cccc(F)c2)c1C. The number of rotatable bonds is 5. The maximum absolute atomic E-state index is 13.8. The van der Waals surface area contributed by atoms with Crippen LogP contribution in [0, 0.1) is 31.0 Å². The van der Waals surface area contributed by atoms with Gasteiger partial charge < -0.3 is 5.32 Å². The number of thioether (sulfide) groups is 1. The third kappa shape index (κ3) is 4.33. The van der Waals surface area contributed by atoms with Gasteiger partial charge in [0, 0.05) is 10.6 Å². The van der Waals surface area contributed by atoms with E-state index in [-0.39, 0.29) is 16.3 Å². The summed E-state index contributed by atoms with van der Waals surface area (Å²) in [4.78, 5) is 39.8. The number of aromatic nitrogens is 1. The van der Waals surface area contributed by atoms with Gasteiger partial charge in [0.05, 0.1) is 16.2 Å². The van der Waals surface area contributed by atoms with E-state index in [0.717, 1.165) is 21.5 Å². The molecular formula is C23H17FN4O3S2. The van der Waals surface area contributed by atoms with E-state index >= 15 is 0 Å². The fourth-order valence-electron chi connectivity index (χ4n) is 3.45. The zero-order chi connectivity index (χ0) is 23.7. The van der Waals surface area contributed by atoms with Crippen LogP contribution in [0.3, 0.4) is 0 Å². The number of hydrogen-bond donors (Lipinski definition) is 1. The summed E-state index contributed by atoms with van der Waals surface area (Å²) in [5.41, 5.74) is 1.92. The summed E-state index contributed by atoms with van der Waals surface area (Å²) >= 11 is 2.20. The zero-order valence-electron chi connectivity index (χ0n) is 17.6. The van der Waals surface area contributed by atoms with Crippen molar-refractivity contribution in [3.05, 3.63) is 74.2 Å². The lowest BCUT2D eigenvalue weighted by atomic mass is 10.2. The Morgan fingerprint density at radius 3 is 2.70 bits per heavy atom. The fraction of sp³-hybridized carbons (Fsp3) is 0.130. The van der Waals surface area contributed by atoms with Gasteiger partial charge in [0.1, 0.15) is 24.2 Å². The lowest BCUT2D eigenvalue weighted by molar-refractivity contribution is -0.127. The van der Waals surface area contributed by atoms with Crippen LogP contribution in [-0.2, 0) is 9.59 Å². The Morgan fingerprint density at radius 1 is 1.24 bits per heavy atom. The van der Waals surface area contributed by atoms with Gasteiger partial charge in [-0.1, -0.05) is 12.1 Å². The van der Waals surface area contributed by atoms with E-state index in [1.807, 2.05) is 17.5 Å².